The van der Waals surface area contributed by atoms with Crippen molar-refractivity contribution in [3.63, 3.8) is 0 Å². The highest BCUT2D eigenvalue weighted by atomic mass is 32.1. The van der Waals surface area contributed by atoms with Crippen LogP contribution in [0.2, 0.25) is 0 Å². The fourth-order valence-electron chi connectivity index (χ4n) is 1.64. The molecule has 0 spiro atoms. The smallest absolute Gasteiger partial charge is 0.231 e. The predicted molar refractivity (Wildman–Crippen MR) is 66.6 cm³/mol. The second-order valence-electron chi connectivity index (χ2n) is 3.87. The van der Waals surface area contributed by atoms with E-state index in [0.29, 0.717) is 11.6 Å². The summed E-state index contributed by atoms with van der Waals surface area (Å²) in [4.78, 5) is 17.0. The lowest BCUT2D eigenvalue weighted by atomic mass is 10.3. The first kappa shape index (κ1) is 11.0. The van der Waals surface area contributed by atoms with E-state index in [4.69, 9.17) is 4.52 Å². The van der Waals surface area contributed by atoms with E-state index >= 15 is 0 Å². The third kappa shape index (κ3) is 2.12. The number of imidazole rings is 1. The van der Waals surface area contributed by atoms with Gasteiger partial charge in [0, 0.05) is 23.8 Å². The van der Waals surface area contributed by atoms with E-state index in [0.717, 1.165) is 10.7 Å². The highest BCUT2D eigenvalue weighted by Crippen LogP contribution is 2.12. The summed E-state index contributed by atoms with van der Waals surface area (Å²) in [5.41, 5.74) is 0.736. The third-order valence-electron chi connectivity index (χ3n) is 2.38. The van der Waals surface area contributed by atoms with E-state index in [1.54, 1.807) is 13.0 Å². The number of hydrogen-bond acceptors (Lipinski definition) is 5. The Bertz CT molecular complexity index is 668. The zero-order valence-electron chi connectivity index (χ0n) is 9.58. The Morgan fingerprint density at radius 2 is 2.50 bits per heavy atom. The molecule has 0 saturated heterocycles. The molecule has 0 aromatic carbocycles. The van der Waals surface area contributed by atoms with Gasteiger partial charge in [-0.3, -0.25) is 9.20 Å². The van der Waals surface area contributed by atoms with Crippen LogP contribution in [0.1, 0.15) is 11.5 Å². The molecular weight excluding hydrogens is 252 g/mol. The Kier molecular flexibility index (Phi) is 2.60. The van der Waals surface area contributed by atoms with Crippen LogP contribution >= 0.6 is 11.3 Å². The number of carbonyl (C=O) groups excluding carboxylic acids is 1. The van der Waals surface area contributed by atoms with Gasteiger partial charge in [0.25, 0.3) is 0 Å². The largest absolute Gasteiger partial charge is 0.360 e. The summed E-state index contributed by atoms with van der Waals surface area (Å²) in [5, 5.41) is 8.31. The molecule has 6 nitrogen and oxygen atoms in total. The Hall–Kier alpha value is -2.15. The van der Waals surface area contributed by atoms with Crippen LogP contribution in [0.25, 0.3) is 4.96 Å². The van der Waals surface area contributed by atoms with Gasteiger partial charge in [-0.1, -0.05) is 5.16 Å². The molecule has 0 unspecified atom stereocenters. The average molecular weight is 262 g/mol. The van der Waals surface area contributed by atoms with Gasteiger partial charge in [0.05, 0.1) is 12.1 Å². The van der Waals surface area contributed by atoms with Crippen LogP contribution in [0.4, 0.5) is 5.82 Å². The summed E-state index contributed by atoms with van der Waals surface area (Å²) < 4.78 is 6.76. The molecule has 0 atom stereocenters. The molecule has 7 heteroatoms. The van der Waals surface area contributed by atoms with Crippen LogP contribution < -0.4 is 5.32 Å². The van der Waals surface area contributed by atoms with Gasteiger partial charge in [-0.2, -0.15) is 0 Å². The average Bonchev–Trinajstić information content (AvgIpc) is 2.94. The van der Waals surface area contributed by atoms with E-state index < -0.39 is 0 Å². The quantitative estimate of drug-likeness (QED) is 0.782. The van der Waals surface area contributed by atoms with Gasteiger partial charge in [0.15, 0.2) is 10.8 Å². The van der Waals surface area contributed by atoms with Crippen molar-refractivity contribution in [2.75, 3.05) is 5.32 Å². The lowest BCUT2D eigenvalue weighted by Crippen LogP contribution is -2.14. The molecule has 18 heavy (non-hydrogen) atoms. The minimum absolute atomic E-state index is 0.158. The molecule has 3 heterocycles. The van der Waals surface area contributed by atoms with Crippen molar-refractivity contribution in [2.24, 2.45) is 0 Å². The number of fused-ring (bicyclic) bond motifs is 1. The SMILES string of the molecule is Cc1cc(NC(=O)Cc2cn3ccsc3n2)no1. The van der Waals surface area contributed by atoms with Crippen LogP contribution in [0.5, 0.6) is 0 Å². The van der Waals surface area contributed by atoms with Crippen molar-refractivity contribution < 1.29 is 9.32 Å². The number of carbonyl (C=O) groups is 1. The number of aryl methyl sites for hydroxylation is 1. The monoisotopic (exact) mass is 262 g/mol. The zero-order chi connectivity index (χ0) is 12.5. The molecule has 1 amide bonds. The van der Waals surface area contributed by atoms with Crippen LogP contribution in [0.3, 0.4) is 0 Å². The van der Waals surface area contributed by atoms with Crippen molar-refractivity contribution in [2.45, 2.75) is 13.3 Å². The van der Waals surface area contributed by atoms with Crippen LogP contribution in [-0.4, -0.2) is 20.4 Å². The van der Waals surface area contributed by atoms with Crippen molar-refractivity contribution in [3.05, 3.63) is 35.3 Å². The van der Waals surface area contributed by atoms with Crippen LogP contribution in [-0.2, 0) is 11.2 Å². The van der Waals surface area contributed by atoms with Gasteiger partial charge in [-0.15, -0.1) is 11.3 Å². The van der Waals surface area contributed by atoms with E-state index in [9.17, 15) is 4.79 Å². The number of anilines is 1. The molecule has 0 aliphatic carbocycles. The summed E-state index contributed by atoms with van der Waals surface area (Å²) in [6.07, 6.45) is 3.98. The van der Waals surface area contributed by atoms with Gasteiger partial charge < -0.3 is 9.84 Å². The Labute approximate surface area is 106 Å². The summed E-state index contributed by atoms with van der Waals surface area (Å²) in [7, 11) is 0. The molecule has 1 N–H and O–H groups in total. The topological polar surface area (TPSA) is 72.4 Å². The highest BCUT2D eigenvalue weighted by Gasteiger charge is 2.10. The number of nitrogens with zero attached hydrogens (tertiary/aromatic N) is 3. The number of thiazole rings is 1. The second kappa shape index (κ2) is 4.26. The Morgan fingerprint density at radius 1 is 1.61 bits per heavy atom. The lowest BCUT2D eigenvalue weighted by Gasteiger charge is -1.97. The molecule has 92 valence electrons. The molecule has 0 aliphatic heterocycles. The molecule has 3 aromatic heterocycles. The van der Waals surface area contributed by atoms with Gasteiger partial charge in [-0.05, 0) is 6.92 Å². The number of rotatable bonds is 3. The standard InChI is InChI=1S/C11H10N4O2S/c1-7-4-9(14-17-7)13-10(16)5-8-6-15-2-3-18-11(15)12-8/h2-4,6H,5H2,1H3,(H,13,14,16). The third-order valence-corrected chi connectivity index (χ3v) is 3.15. The first-order valence-electron chi connectivity index (χ1n) is 5.35. The molecule has 0 radical (unpaired) electrons. The van der Waals surface area contributed by atoms with Gasteiger partial charge in [0.2, 0.25) is 5.91 Å². The van der Waals surface area contributed by atoms with E-state index in [-0.39, 0.29) is 12.3 Å². The van der Waals surface area contributed by atoms with E-state index in [1.165, 1.54) is 11.3 Å². The predicted octanol–water partition coefficient (Wildman–Crippen LogP) is 1.87. The first-order valence-corrected chi connectivity index (χ1v) is 6.23. The maximum Gasteiger partial charge on any atom is 0.231 e. The molecule has 3 rings (SSSR count). The van der Waals surface area contributed by atoms with E-state index in [2.05, 4.69) is 15.5 Å². The molecule has 0 bridgehead atoms. The number of nitrogens with one attached hydrogen (secondary N) is 1. The lowest BCUT2D eigenvalue weighted by molar-refractivity contribution is -0.115. The Balaban J connectivity index is 1.69. The first-order chi connectivity index (χ1) is 8.70. The van der Waals surface area contributed by atoms with Crippen molar-refractivity contribution in [1.29, 1.82) is 0 Å². The summed E-state index contributed by atoms with van der Waals surface area (Å²) in [6.45, 7) is 1.77. The maximum absolute atomic E-state index is 11.8. The number of amides is 1. The summed E-state index contributed by atoms with van der Waals surface area (Å²) >= 11 is 1.54. The van der Waals surface area contributed by atoms with Crippen molar-refractivity contribution in [3.8, 4) is 0 Å². The minimum Gasteiger partial charge on any atom is -0.360 e. The summed E-state index contributed by atoms with van der Waals surface area (Å²) in [6, 6.07) is 1.67. The van der Waals surface area contributed by atoms with Crippen molar-refractivity contribution in [1.82, 2.24) is 14.5 Å². The van der Waals surface area contributed by atoms with Gasteiger partial charge in [0.1, 0.15) is 5.76 Å². The zero-order valence-corrected chi connectivity index (χ0v) is 10.4. The van der Waals surface area contributed by atoms with Crippen molar-refractivity contribution >= 4 is 28.0 Å². The molecule has 0 aliphatic rings. The number of aromatic nitrogens is 3. The van der Waals surface area contributed by atoms with E-state index in [1.807, 2.05) is 22.2 Å². The maximum atomic E-state index is 11.8. The molecule has 0 saturated carbocycles. The molecule has 0 fully saturated rings. The second-order valence-corrected chi connectivity index (χ2v) is 4.75. The van der Waals surface area contributed by atoms with Crippen LogP contribution in [0.15, 0.2) is 28.4 Å². The number of hydrogen-bond donors (Lipinski definition) is 1. The van der Waals surface area contributed by atoms with Crippen LogP contribution in [0, 0.1) is 6.92 Å². The van der Waals surface area contributed by atoms with Gasteiger partial charge in [-0.25, -0.2) is 4.98 Å². The molecular formula is C11H10N4O2S. The fourth-order valence-corrected chi connectivity index (χ4v) is 2.36. The summed E-state index contributed by atoms with van der Waals surface area (Å²) in [5.74, 6) is 0.931. The molecule has 3 aromatic rings. The Morgan fingerprint density at radius 3 is 3.22 bits per heavy atom. The fraction of sp³-hybridized carbons (Fsp3) is 0.182. The normalized spacial score (nSPS) is 10.9. The minimum atomic E-state index is -0.158. The highest BCUT2D eigenvalue weighted by molar-refractivity contribution is 7.15. The van der Waals surface area contributed by atoms with Gasteiger partial charge >= 0.3 is 0 Å².